The predicted octanol–water partition coefficient (Wildman–Crippen LogP) is 4.48. The zero-order valence-corrected chi connectivity index (χ0v) is 16.8. The fraction of sp³-hybridized carbons (Fsp3) is 0.524. The second-order valence-electron chi connectivity index (χ2n) is 8.08. The molecule has 2 heterocycles. The van der Waals surface area contributed by atoms with E-state index in [2.05, 4.69) is 16.0 Å². The molecule has 1 N–H and O–H groups in total. The summed E-state index contributed by atoms with van der Waals surface area (Å²) < 4.78 is 37.9. The van der Waals surface area contributed by atoms with Gasteiger partial charge in [0, 0.05) is 42.8 Å². The molecule has 0 amide bonds. The van der Waals surface area contributed by atoms with Gasteiger partial charge < -0.3 is 9.88 Å². The number of nitrogens with zero attached hydrogens (tertiary/aromatic N) is 1. The SMILES string of the molecule is Cc1cc(S(C)(=O)=O)c(F)cc1N1CCc2[nH]c(C3CCCCC3)cc2C1. The lowest BCUT2D eigenvalue weighted by molar-refractivity contribution is 0.437. The molecule has 1 aliphatic heterocycles. The lowest BCUT2D eigenvalue weighted by Crippen LogP contribution is -2.30. The molecular formula is C21H27FN2O2S. The van der Waals surface area contributed by atoms with Crippen LogP contribution in [-0.4, -0.2) is 26.2 Å². The van der Waals surface area contributed by atoms with E-state index in [1.54, 1.807) is 0 Å². The van der Waals surface area contributed by atoms with Gasteiger partial charge in [-0.05, 0) is 55.0 Å². The highest BCUT2D eigenvalue weighted by atomic mass is 32.2. The number of H-pyrrole nitrogens is 1. The van der Waals surface area contributed by atoms with Crippen molar-refractivity contribution in [3.05, 3.63) is 46.5 Å². The maximum Gasteiger partial charge on any atom is 0.178 e. The normalized spacial score (nSPS) is 18.6. The number of fused-ring (bicyclic) bond motifs is 1. The van der Waals surface area contributed by atoms with E-state index in [1.165, 1.54) is 61.2 Å². The molecule has 1 aromatic carbocycles. The van der Waals surface area contributed by atoms with Gasteiger partial charge in [-0.25, -0.2) is 12.8 Å². The van der Waals surface area contributed by atoms with E-state index >= 15 is 0 Å². The third-order valence-corrected chi connectivity index (χ3v) is 7.15. The molecule has 0 unspecified atom stereocenters. The Balaban J connectivity index is 1.59. The van der Waals surface area contributed by atoms with Gasteiger partial charge >= 0.3 is 0 Å². The molecule has 6 heteroatoms. The Morgan fingerprint density at radius 1 is 1.15 bits per heavy atom. The first kappa shape index (κ1) is 18.5. The Hall–Kier alpha value is -1.82. The van der Waals surface area contributed by atoms with Crippen LogP contribution in [0.3, 0.4) is 0 Å². The summed E-state index contributed by atoms with van der Waals surface area (Å²) in [5.74, 6) is -0.0214. The van der Waals surface area contributed by atoms with Crippen LogP contribution in [0.1, 0.15) is 60.5 Å². The highest BCUT2D eigenvalue weighted by Crippen LogP contribution is 2.35. The first-order chi connectivity index (χ1) is 12.8. The van der Waals surface area contributed by atoms with Crippen LogP contribution in [0.25, 0.3) is 0 Å². The maximum atomic E-state index is 14.4. The van der Waals surface area contributed by atoms with Crippen LogP contribution < -0.4 is 4.90 Å². The molecule has 0 atom stereocenters. The summed E-state index contributed by atoms with van der Waals surface area (Å²) in [7, 11) is -3.56. The Morgan fingerprint density at radius 3 is 2.59 bits per heavy atom. The molecular weight excluding hydrogens is 363 g/mol. The number of hydrogen-bond donors (Lipinski definition) is 1. The van der Waals surface area contributed by atoms with E-state index in [4.69, 9.17) is 0 Å². The molecule has 2 aromatic rings. The third kappa shape index (κ3) is 3.64. The van der Waals surface area contributed by atoms with Gasteiger partial charge in [0.2, 0.25) is 0 Å². The van der Waals surface area contributed by atoms with Crippen LogP contribution in [0, 0.1) is 12.7 Å². The molecule has 1 aromatic heterocycles. The second kappa shape index (κ2) is 6.97. The second-order valence-corrected chi connectivity index (χ2v) is 10.1. The number of halogens is 1. The van der Waals surface area contributed by atoms with E-state index in [0.717, 1.165) is 37.0 Å². The van der Waals surface area contributed by atoms with Crippen molar-refractivity contribution in [2.45, 2.75) is 62.8 Å². The molecule has 27 heavy (non-hydrogen) atoms. The molecule has 0 spiro atoms. The molecule has 0 radical (unpaired) electrons. The van der Waals surface area contributed by atoms with Gasteiger partial charge in [-0.15, -0.1) is 0 Å². The molecule has 0 bridgehead atoms. The number of aromatic amines is 1. The number of benzene rings is 1. The van der Waals surface area contributed by atoms with Gasteiger partial charge in [0.15, 0.2) is 9.84 Å². The summed E-state index contributed by atoms with van der Waals surface area (Å²) in [5, 5.41) is 0. The first-order valence-corrected chi connectivity index (χ1v) is 11.7. The van der Waals surface area contributed by atoms with Crippen LogP contribution in [-0.2, 0) is 22.8 Å². The van der Waals surface area contributed by atoms with E-state index in [-0.39, 0.29) is 4.90 Å². The van der Waals surface area contributed by atoms with Crippen molar-refractivity contribution in [2.75, 3.05) is 17.7 Å². The van der Waals surface area contributed by atoms with Gasteiger partial charge in [0.05, 0.1) is 0 Å². The Kier molecular flexibility index (Phi) is 4.78. The minimum absolute atomic E-state index is 0.220. The van der Waals surface area contributed by atoms with E-state index in [0.29, 0.717) is 5.92 Å². The molecule has 4 nitrogen and oxygen atoms in total. The summed E-state index contributed by atoms with van der Waals surface area (Å²) in [6.07, 6.45) is 8.44. The smallest absolute Gasteiger partial charge is 0.178 e. The number of nitrogens with one attached hydrogen (secondary N) is 1. The van der Waals surface area contributed by atoms with Crippen LogP contribution in [0.15, 0.2) is 23.1 Å². The molecule has 4 rings (SSSR count). The monoisotopic (exact) mass is 390 g/mol. The van der Waals surface area contributed by atoms with Crippen LogP contribution in [0.5, 0.6) is 0 Å². The highest BCUT2D eigenvalue weighted by Gasteiger charge is 2.25. The molecule has 146 valence electrons. The molecule has 0 saturated heterocycles. The van der Waals surface area contributed by atoms with Crippen molar-refractivity contribution in [1.29, 1.82) is 0 Å². The predicted molar refractivity (Wildman–Crippen MR) is 106 cm³/mol. The minimum atomic E-state index is -3.56. The standard InChI is InChI=1S/C21H27FN2O2S/c1-14-10-21(27(2,25)26)17(22)12-20(14)24-9-8-18-16(13-24)11-19(23-18)15-6-4-3-5-7-15/h10-12,15,23H,3-9,13H2,1-2H3. The van der Waals surface area contributed by atoms with E-state index in [1.807, 2.05) is 6.92 Å². The topological polar surface area (TPSA) is 53.2 Å². The lowest BCUT2D eigenvalue weighted by Gasteiger charge is -2.30. The Labute approximate surface area is 160 Å². The zero-order chi connectivity index (χ0) is 19.2. The fourth-order valence-electron chi connectivity index (χ4n) is 4.57. The quantitative estimate of drug-likeness (QED) is 0.841. The average Bonchev–Trinajstić information content (AvgIpc) is 3.06. The molecule has 1 fully saturated rings. The minimum Gasteiger partial charge on any atom is -0.366 e. The molecule has 1 saturated carbocycles. The summed E-state index contributed by atoms with van der Waals surface area (Å²) in [6.45, 7) is 3.39. The van der Waals surface area contributed by atoms with E-state index in [9.17, 15) is 12.8 Å². The van der Waals surface area contributed by atoms with E-state index < -0.39 is 15.7 Å². The van der Waals surface area contributed by atoms with Crippen LogP contribution in [0.4, 0.5) is 10.1 Å². The first-order valence-electron chi connectivity index (χ1n) is 9.79. The zero-order valence-electron chi connectivity index (χ0n) is 16.0. The molecule has 1 aliphatic carbocycles. The van der Waals surface area contributed by atoms with Gasteiger partial charge in [0.25, 0.3) is 0 Å². The number of sulfone groups is 1. The number of aryl methyl sites for hydroxylation is 1. The molecule has 2 aliphatic rings. The number of anilines is 1. The Bertz CT molecular complexity index is 959. The number of aromatic nitrogens is 1. The van der Waals surface area contributed by atoms with Gasteiger partial charge in [-0.1, -0.05) is 19.3 Å². The summed E-state index contributed by atoms with van der Waals surface area (Å²) in [6, 6.07) is 5.14. The largest absolute Gasteiger partial charge is 0.366 e. The van der Waals surface area contributed by atoms with Crippen molar-refractivity contribution in [2.24, 2.45) is 0 Å². The van der Waals surface area contributed by atoms with Gasteiger partial charge in [-0.3, -0.25) is 0 Å². The summed E-state index contributed by atoms with van der Waals surface area (Å²) in [4.78, 5) is 5.59. The van der Waals surface area contributed by atoms with Gasteiger partial charge in [0.1, 0.15) is 10.7 Å². The van der Waals surface area contributed by atoms with Crippen molar-refractivity contribution in [3.63, 3.8) is 0 Å². The number of rotatable bonds is 3. The van der Waals surface area contributed by atoms with Crippen LogP contribution >= 0.6 is 0 Å². The average molecular weight is 391 g/mol. The maximum absolute atomic E-state index is 14.4. The van der Waals surface area contributed by atoms with Crippen molar-refractivity contribution in [3.8, 4) is 0 Å². The van der Waals surface area contributed by atoms with Crippen LogP contribution in [0.2, 0.25) is 0 Å². The van der Waals surface area contributed by atoms with Crippen molar-refractivity contribution in [1.82, 2.24) is 4.98 Å². The summed E-state index contributed by atoms with van der Waals surface area (Å²) in [5.41, 5.74) is 5.53. The third-order valence-electron chi connectivity index (χ3n) is 6.04. The van der Waals surface area contributed by atoms with Gasteiger partial charge in [-0.2, -0.15) is 0 Å². The number of hydrogen-bond acceptors (Lipinski definition) is 3. The highest BCUT2D eigenvalue weighted by molar-refractivity contribution is 7.90. The Morgan fingerprint density at radius 2 is 1.89 bits per heavy atom. The summed E-state index contributed by atoms with van der Waals surface area (Å²) >= 11 is 0. The lowest BCUT2D eigenvalue weighted by atomic mass is 9.87. The fourth-order valence-corrected chi connectivity index (χ4v) is 5.37. The van der Waals surface area contributed by atoms with Crippen molar-refractivity contribution < 1.29 is 12.8 Å². The van der Waals surface area contributed by atoms with Crippen molar-refractivity contribution >= 4 is 15.5 Å².